The van der Waals surface area contributed by atoms with E-state index in [0.717, 1.165) is 12.0 Å². The molecule has 0 fully saturated rings. The molecule has 2 aromatic rings. The molecule has 2 rings (SSSR count). The fourth-order valence-corrected chi connectivity index (χ4v) is 2.48. The van der Waals surface area contributed by atoms with Crippen LogP contribution in [-0.4, -0.2) is 33.6 Å². The number of aliphatic hydroxyl groups excluding tert-OH is 1. The van der Waals surface area contributed by atoms with Crippen molar-refractivity contribution < 1.29 is 9.90 Å². The minimum atomic E-state index is -0.205. The van der Waals surface area contributed by atoms with Crippen molar-refractivity contribution in [2.24, 2.45) is 0 Å². The average molecular weight is 330 g/mol. The van der Waals surface area contributed by atoms with Gasteiger partial charge in [-0.2, -0.15) is 5.10 Å². The van der Waals surface area contributed by atoms with Crippen LogP contribution < -0.4 is 10.6 Å². The predicted octanol–water partition coefficient (Wildman–Crippen LogP) is 2.45. The van der Waals surface area contributed by atoms with E-state index in [0.29, 0.717) is 13.0 Å². The fourth-order valence-electron chi connectivity index (χ4n) is 2.48. The summed E-state index contributed by atoms with van der Waals surface area (Å²) < 4.78 is 1.87. The Balaban J connectivity index is 1.84. The number of hydrogen-bond donors (Lipinski definition) is 3. The van der Waals surface area contributed by atoms with Crippen LogP contribution in [-0.2, 0) is 6.54 Å². The Morgan fingerprint density at radius 2 is 2.00 bits per heavy atom. The van der Waals surface area contributed by atoms with Gasteiger partial charge in [-0.05, 0) is 32.3 Å². The second kappa shape index (κ2) is 9.08. The van der Waals surface area contributed by atoms with Gasteiger partial charge in [-0.15, -0.1) is 0 Å². The van der Waals surface area contributed by atoms with Gasteiger partial charge in [0.25, 0.3) is 0 Å². The van der Waals surface area contributed by atoms with Gasteiger partial charge in [0.2, 0.25) is 0 Å². The zero-order valence-corrected chi connectivity index (χ0v) is 14.3. The van der Waals surface area contributed by atoms with E-state index in [1.54, 1.807) is 6.20 Å². The van der Waals surface area contributed by atoms with Crippen molar-refractivity contribution in [3.05, 3.63) is 53.9 Å². The summed E-state index contributed by atoms with van der Waals surface area (Å²) in [5, 5.41) is 19.0. The topological polar surface area (TPSA) is 79.2 Å². The molecule has 6 heteroatoms. The SMILES string of the molecule is CC(CCCO)NC(=O)NC(C)c1cnn(Cc2ccccc2)c1. The minimum absolute atomic E-state index is 0.0325. The highest BCUT2D eigenvalue weighted by molar-refractivity contribution is 5.74. The Morgan fingerprint density at radius 3 is 2.71 bits per heavy atom. The monoisotopic (exact) mass is 330 g/mol. The molecule has 1 heterocycles. The van der Waals surface area contributed by atoms with E-state index in [-0.39, 0.29) is 24.7 Å². The molecule has 0 aliphatic carbocycles. The zero-order valence-electron chi connectivity index (χ0n) is 14.3. The first-order valence-corrected chi connectivity index (χ1v) is 8.32. The van der Waals surface area contributed by atoms with E-state index in [9.17, 15) is 4.79 Å². The third-order valence-electron chi connectivity index (χ3n) is 3.86. The van der Waals surface area contributed by atoms with Gasteiger partial charge in [0, 0.05) is 24.4 Å². The maximum absolute atomic E-state index is 12.0. The largest absolute Gasteiger partial charge is 0.396 e. The highest BCUT2D eigenvalue weighted by Crippen LogP contribution is 2.12. The number of nitrogens with zero attached hydrogens (tertiary/aromatic N) is 2. The third kappa shape index (κ3) is 5.70. The van der Waals surface area contributed by atoms with Crippen LogP contribution in [0.1, 0.15) is 43.9 Å². The Bertz CT molecular complexity index is 627. The summed E-state index contributed by atoms with van der Waals surface area (Å²) in [5.74, 6) is 0. The molecule has 6 nitrogen and oxygen atoms in total. The molecule has 24 heavy (non-hydrogen) atoms. The number of aromatic nitrogens is 2. The van der Waals surface area contributed by atoms with Gasteiger partial charge in [0.15, 0.2) is 0 Å². The first-order chi connectivity index (χ1) is 11.6. The average Bonchev–Trinajstić information content (AvgIpc) is 3.02. The van der Waals surface area contributed by atoms with Crippen LogP contribution in [0.4, 0.5) is 4.79 Å². The molecule has 0 bridgehead atoms. The van der Waals surface area contributed by atoms with Crippen molar-refractivity contribution in [2.45, 2.75) is 45.3 Å². The van der Waals surface area contributed by atoms with Gasteiger partial charge >= 0.3 is 6.03 Å². The van der Waals surface area contributed by atoms with Crippen molar-refractivity contribution in [2.75, 3.05) is 6.61 Å². The van der Waals surface area contributed by atoms with Gasteiger partial charge in [-0.1, -0.05) is 30.3 Å². The first kappa shape index (κ1) is 18.0. The summed E-state index contributed by atoms with van der Waals surface area (Å²) in [6.45, 7) is 4.71. The summed E-state index contributed by atoms with van der Waals surface area (Å²) in [5.41, 5.74) is 2.15. The molecule has 0 radical (unpaired) electrons. The molecule has 0 aliphatic rings. The standard InChI is InChI=1S/C18H26N4O2/c1-14(7-6-10-23)20-18(24)21-15(2)17-11-19-22(13-17)12-16-8-4-3-5-9-16/h3-5,8-9,11,13-15,23H,6-7,10,12H2,1-2H3,(H2,20,21,24). The number of benzene rings is 1. The number of carbonyl (C=O) groups is 1. The van der Waals surface area contributed by atoms with Gasteiger partial charge < -0.3 is 15.7 Å². The normalized spacial score (nSPS) is 13.3. The highest BCUT2D eigenvalue weighted by Gasteiger charge is 2.13. The Labute approximate surface area is 142 Å². The molecule has 1 aromatic carbocycles. The van der Waals surface area contributed by atoms with Crippen molar-refractivity contribution in [1.82, 2.24) is 20.4 Å². The molecular formula is C18H26N4O2. The fraction of sp³-hybridized carbons (Fsp3) is 0.444. The molecule has 0 saturated carbocycles. The number of urea groups is 1. The predicted molar refractivity (Wildman–Crippen MR) is 93.6 cm³/mol. The lowest BCUT2D eigenvalue weighted by atomic mass is 10.2. The smallest absolute Gasteiger partial charge is 0.315 e. The molecule has 130 valence electrons. The van der Waals surface area contributed by atoms with Crippen molar-refractivity contribution in [3.63, 3.8) is 0 Å². The summed E-state index contributed by atoms with van der Waals surface area (Å²) >= 11 is 0. The molecule has 2 amide bonds. The van der Waals surface area contributed by atoms with E-state index >= 15 is 0 Å². The summed E-state index contributed by atoms with van der Waals surface area (Å²) in [4.78, 5) is 12.0. The van der Waals surface area contributed by atoms with Crippen molar-refractivity contribution in [3.8, 4) is 0 Å². The maximum atomic E-state index is 12.0. The van der Waals surface area contributed by atoms with Gasteiger partial charge in [0.1, 0.15) is 0 Å². The number of carbonyl (C=O) groups excluding carboxylic acids is 1. The Morgan fingerprint density at radius 1 is 1.25 bits per heavy atom. The number of nitrogens with one attached hydrogen (secondary N) is 2. The number of rotatable bonds is 8. The lowest BCUT2D eigenvalue weighted by molar-refractivity contribution is 0.231. The Kier molecular flexibility index (Phi) is 6.81. The lowest BCUT2D eigenvalue weighted by Crippen LogP contribution is -2.41. The second-order valence-corrected chi connectivity index (χ2v) is 6.06. The van der Waals surface area contributed by atoms with Gasteiger partial charge in [-0.3, -0.25) is 4.68 Å². The van der Waals surface area contributed by atoms with Crippen molar-refractivity contribution in [1.29, 1.82) is 0 Å². The summed E-state index contributed by atoms with van der Waals surface area (Å²) in [6, 6.07) is 9.82. The van der Waals surface area contributed by atoms with Crippen LogP contribution in [0.5, 0.6) is 0 Å². The molecule has 0 aliphatic heterocycles. The van der Waals surface area contributed by atoms with Crippen LogP contribution in [0.25, 0.3) is 0 Å². The first-order valence-electron chi connectivity index (χ1n) is 8.32. The zero-order chi connectivity index (χ0) is 17.4. The van der Waals surface area contributed by atoms with Gasteiger partial charge in [-0.25, -0.2) is 4.79 Å². The quantitative estimate of drug-likeness (QED) is 0.695. The lowest BCUT2D eigenvalue weighted by Gasteiger charge is -2.17. The molecule has 0 spiro atoms. The van der Waals surface area contributed by atoms with Crippen LogP contribution in [0.3, 0.4) is 0 Å². The van der Waals surface area contributed by atoms with Crippen LogP contribution in [0, 0.1) is 0 Å². The van der Waals surface area contributed by atoms with Crippen LogP contribution >= 0.6 is 0 Å². The molecule has 1 aromatic heterocycles. The van der Waals surface area contributed by atoms with Crippen molar-refractivity contribution >= 4 is 6.03 Å². The summed E-state index contributed by atoms with van der Waals surface area (Å²) in [6.07, 6.45) is 5.17. The Hall–Kier alpha value is -2.34. The minimum Gasteiger partial charge on any atom is -0.396 e. The molecule has 3 N–H and O–H groups in total. The van der Waals surface area contributed by atoms with E-state index in [1.165, 1.54) is 5.56 Å². The van der Waals surface area contributed by atoms with Gasteiger partial charge in [0.05, 0.1) is 18.8 Å². The summed E-state index contributed by atoms with van der Waals surface area (Å²) in [7, 11) is 0. The van der Waals surface area contributed by atoms with E-state index in [1.807, 2.05) is 42.9 Å². The van der Waals surface area contributed by atoms with E-state index in [2.05, 4.69) is 27.9 Å². The molecule has 2 atom stereocenters. The highest BCUT2D eigenvalue weighted by atomic mass is 16.3. The molecular weight excluding hydrogens is 304 g/mol. The molecule has 0 saturated heterocycles. The maximum Gasteiger partial charge on any atom is 0.315 e. The van der Waals surface area contributed by atoms with E-state index in [4.69, 9.17) is 5.11 Å². The number of aliphatic hydroxyl groups is 1. The van der Waals surface area contributed by atoms with Crippen LogP contribution in [0.15, 0.2) is 42.7 Å². The number of hydrogen-bond acceptors (Lipinski definition) is 3. The molecule has 2 unspecified atom stereocenters. The van der Waals surface area contributed by atoms with E-state index < -0.39 is 0 Å². The van der Waals surface area contributed by atoms with Crippen LogP contribution in [0.2, 0.25) is 0 Å². The number of amides is 2. The third-order valence-corrected chi connectivity index (χ3v) is 3.86. The second-order valence-electron chi connectivity index (χ2n) is 6.06.